The van der Waals surface area contributed by atoms with Crippen molar-refractivity contribution < 1.29 is 33.7 Å². The van der Waals surface area contributed by atoms with E-state index in [1.165, 1.54) is 17.6 Å². The Bertz CT molecular complexity index is 1700. The third kappa shape index (κ3) is 10.9. The molecule has 2 N–H and O–H groups in total. The Morgan fingerprint density at radius 2 is 1.22 bits per heavy atom. The van der Waals surface area contributed by atoms with Crippen LogP contribution in [-0.2, 0) is 9.47 Å². The summed E-state index contributed by atoms with van der Waals surface area (Å²) < 4.78 is 17.6. The first-order chi connectivity index (χ1) is 25.8. The molecule has 54 heavy (non-hydrogen) atoms. The molecule has 1 aliphatic heterocycles. The predicted molar refractivity (Wildman–Crippen MR) is 213 cm³/mol. The summed E-state index contributed by atoms with van der Waals surface area (Å²) in [6.45, 7) is 11.3. The molecular weight excluding hydrogens is 701 g/mol. The summed E-state index contributed by atoms with van der Waals surface area (Å²) in [5.41, 5.74) is -1.21. The quantitative estimate of drug-likeness (QED) is 0.219. The van der Waals surface area contributed by atoms with E-state index < -0.39 is 47.2 Å². The van der Waals surface area contributed by atoms with Gasteiger partial charge in [-0.1, -0.05) is 113 Å². The first-order valence-corrected chi connectivity index (χ1v) is 19.7. The number of aliphatic hydroxyl groups is 2. The van der Waals surface area contributed by atoms with Gasteiger partial charge in [-0.2, -0.15) is 0 Å². The van der Waals surface area contributed by atoms with Crippen LogP contribution in [-0.4, -0.2) is 56.5 Å². The van der Waals surface area contributed by atoms with Gasteiger partial charge < -0.3 is 24.1 Å². The zero-order valence-electron chi connectivity index (χ0n) is 32.1. The van der Waals surface area contributed by atoms with Crippen LogP contribution in [0.4, 0.5) is 0 Å². The Kier molecular flexibility index (Phi) is 13.8. The van der Waals surface area contributed by atoms with Crippen molar-refractivity contribution in [1.82, 2.24) is 9.97 Å². The molecule has 5 rings (SSSR count). The van der Waals surface area contributed by atoms with E-state index in [1.807, 2.05) is 84.1 Å². The normalized spacial score (nSPS) is 30.5. The van der Waals surface area contributed by atoms with Crippen molar-refractivity contribution in [3.05, 3.63) is 119 Å². The van der Waals surface area contributed by atoms with Crippen LogP contribution in [0, 0.1) is 34.5 Å². The van der Waals surface area contributed by atoms with Crippen molar-refractivity contribution in [1.29, 1.82) is 0 Å². The molecule has 9 nitrogen and oxygen atoms in total. The SMILES string of the molecule is C/C=C/[C@H](O)C(C)(C)[C@@H]1C/C=C\[C@H]2C[C@H]2/C=C/C=C\c2nc(cs2)C(=O)O[C@H](C(C)(C)[C@@H](O)/C=C/C)C/C=C\[C@H]2C[C@H]2/C=C/C=C\c2nc(co2)C(=O)O1. The molecule has 0 spiro atoms. The van der Waals surface area contributed by atoms with E-state index in [0.717, 1.165) is 12.8 Å². The molecule has 0 amide bonds. The smallest absolute Gasteiger partial charge is 0.360 e. The average Bonchev–Trinajstić information content (AvgIpc) is 3.93. The Labute approximate surface area is 323 Å². The van der Waals surface area contributed by atoms with Gasteiger partial charge in [0.1, 0.15) is 23.5 Å². The Morgan fingerprint density at radius 3 is 1.76 bits per heavy atom. The van der Waals surface area contributed by atoms with Gasteiger partial charge in [-0.15, -0.1) is 11.3 Å². The van der Waals surface area contributed by atoms with E-state index in [0.29, 0.717) is 41.5 Å². The Hall–Kier alpha value is -4.38. The number of ether oxygens (including phenoxy) is 2. The molecule has 0 aromatic carbocycles. The third-order valence-electron chi connectivity index (χ3n) is 10.6. The van der Waals surface area contributed by atoms with E-state index >= 15 is 0 Å². The molecule has 0 saturated heterocycles. The van der Waals surface area contributed by atoms with Crippen LogP contribution in [0.25, 0.3) is 12.2 Å². The summed E-state index contributed by atoms with van der Waals surface area (Å²) >= 11 is 1.37. The highest BCUT2D eigenvalue weighted by atomic mass is 32.1. The number of hydrogen-bond acceptors (Lipinski definition) is 10. The molecule has 2 fully saturated rings. The summed E-state index contributed by atoms with van der Waals surface area (Å²) in [6, 6.07) is 0. The topological polar surface area (TPSA) is 132 Å². The van der Waals surface area contributed by atoms with E-state index in [1.54, 1.807) is 35.8 Å². The van der Waals surface area contributed by atoms with Crippen LogP contribution >= 0.6 is 11.3 Å². The maximum absolute atomic E-state index is 13.3. The number of cyclic esters (lactones) is 2. The first kappa shape index (κ1) is 40.8. The lowest BCUT2D eigenvalue weighted by atomic mass is 9.79. The van der Waals surface area contributed by atoms with Crippen molar-refractivity contribution in [3.63, 3.8) is 0 Å². The van der Waals surface area contributed by atoms with Gasteiger partial charge in [-0.05, 0) is 56.4 Å². The van der Waals surface area contributed by atoms with Crippen LogP contribution in [0.5, 0.6) is 0 Å². The number of allylic oxidation sites excluding steroid dienone is 10. The second kappa shape index (κ2) is 18.3. The van der Waals surface area contributed by atoms with Crippen molar-refractivity contribution in [3.8, 4) is 0 Å². The second-order valence-corrected chi connectivity index (χ2v) is 16.3. The molecule has 3 heterocycles. The van der Waals surface area contributed by atoms with Crippen LogP contribution in [0.3, 0.4) is 0 Å². The van der Waals surface area contributed by atoms with Gasteiger partial charge in [0.15, 0.2) is 11.4 Å². The summed E-state index contributed by atoms with van der Waals surface area (Å²) in [4.78, 5) is 35.4. The highest BCUT2D eigenvalue weighted by Crippen LogP contribution is 2.42. The van der Waals surface area contributed by atoms with Gasteiger partial charge in [0.25, 0.3) is 0 Å². The van der Waals surface area contributed by atoms with Crippen molar-refractivity contribution >= 4 is 35.4 Å². The third-order valence-corrected chi connectivity index (χ3v) is 11.4. The second-order valence-electron chi connectivity index (χ2n) is 15.5. The lowest BCUT2D eigenvalue weighted by Gasteiger charge is -2.36. The number of thiazole rings is 1. The zero-order valence-corrected chi connectivity index (χ0v) is 32.9. The monoisotopic (exact) mass is 754 g/mol. The average molecular weight is 755 g/mol. The minimum Gasteiger partial charge on any atom is -0.457 e. The van der Waals surface area contributed by atoms with E-state index in [4.69, 9.17) is 13.9 Å². The molecule has 4 bridgehead atoms. The molecule has 2 aromatic rings. The lowest BCUT2D eigenvalue weighted by Crippen LogP contribution is -2.42. The standard InChI is InChI=1S/C44H54N2O7S/c1-7-15-35(47)43(3,4)37-21-13-19-32-26-30(32)18-10-12-24-40-46-34(28-54-40)42(50)53-38(44(5,6)36(48)16-8-2)22-14-20-31-25-29(31)17-9-11-23-39-45-33(27-51-39)41(49)52-37/h7-20,23-24,27-32,35-38,47-48H,21-22,25-26H2,1-6H3/b15-7+,16-8+,17-9+,18-10+,19-13-,20-14-,23-11-,24-12-/t29-,30-,31+,32+,35+,36+,37+,38+/m1/s1. The van der Waals surface area contributed by atoms with Crippen LogP contribution in [0.2, 0.25) is 0 Å². The largest absolute Gasteiger partial charge is 0.457 e. The zero-order chi connectivity index (χ0) is 38.9. The summed E-state index contributed by atoms with van der Waals surface area (Å²) in [7, 11) is 0. The number of rotatable bonds is 6. The lowest BCUT2D eigenvalue weighted by molar-refractivity contribution is -0.0461. The van der Waals surface area contributed by atoms with Gasteiger partial charge in [-0.25, -0.2) is 19.6 Å². The highest BCUT2D eigenvalue weighted by molar-refractivity contribution is 7.10. The number of carbonyl (C=O) groups excluding carboxylic acids is 2. The van der Waals surface area contributed by atoms with Crippen LogP contribution in [0.15, 0.2) is 101 Å². The Morgan fingerprint density at radius 1 is 0.722 bits per heavy atom. The van der Waals surface area contributed by atoms with E-state index in [2.05, 4.69) is 34.3 Å². The van der Waals surface area contributed by atoms with Gasteiger partial charge >= 0.3 is 11.9 Å². The molecule has 10 heteroatoms. The van der Waals surface area contributed by atoms with Crippen molar-refractivity contribution in [2.24, 2.45) is 34.5 Å². The fourth-order valence-electron chi connectivity index (χ4n) is 6.34. The van der Waals surface area contributed by atoms with E-state index in [9.17, 15) is 19.8 Å². The molecule has 288 valence electrons. The molecule has 8 atom stereocenters. The molecule has 3 aliphatic rings. The summed E-state index contributed by atoms with van der Waals surface area (Å²) in [5, 5.41) is 24.3. The first-order valence-electron chi connectivity index (χ1n) is 18.8. The minimum atomic E-state index is -0.824. The number of aromatic nitrogens is 2. The molecule has 0 radical (unpaired) electrons. The number of esters is 2. The fourth-order valence-corrected chi connectivity index (χ4v) is 7.03. The van der Waals surface area contributed by atoms with Crippen LogP contribution in [0.1, 0.15) is 99.1 Å². The predicted octanol–water partition coefficient (Wildman–Crippen LogP) is 9.13. The number of carbonyl (C=O) groups is 2. The maximum Gasteiger partial charge on any atom is 0.360 e. The number of oxazole rings is 1. The van der Waals surface area contributed by atoms with Gasteiger partial charge in [0.05, 0.1) is 12.2 Å². The highest BCUT2D eigenvalue weighted by Gasteiger charge is 2.40. The molecule has 2 saturated carbocycles. The maximum atomic E-state index is 13.3. The summed E-state index contributed by atoms with van der Waals surface area (Å²) in [5.74, 6) is 0.611. The summed E-state index contributed by atoms with van der Waals surface area (Å²) in [6.07, 6.45) is 32.2. The molecule has 2 aromatic heterocycles. The molecule has 2 aliphatic carbocycles. The molecule has 0 unspecified atom stereocenters. The fraction of sp³-hybridized carbons (Fsp3) is 0.455. The van der Waals surface area contributed by atoms with E-state index in [-0.39, 0.29) is 17.3 Å². The van der Waals surface area contributed by atoms with Gasteiger partial charge in [0.2, 0.25) is 5.89 Å². The van der Waals surface area contributed by atoms with Crippen LogP contribution < -0.4 is 0 Å². The molecular formula is C44H54N2O7S. The number of fused-ring (bicyclic) bond motifs is 6. The number of nitrogens with zero attached hydrogens (tertiary/aromatic N) is 2. The van der Waals surface area contributed by atoms with Crippen molar-refractivity contribution in [2.45, 2.75) is 91.6 Å². The minimum absolute atomic E-state index is 0.0656. The Balaban J connectivity index is 1.35. The van der Waals surface area contributed by atoms with Gasteiger partial charge in [-0.3, -0.25) is 0 Å². The number of hydrogen-bond donors (Lipinski definition) is 2. The van der Waals surface area contributed by atoms with Crippen molar-refractivity contribution in [2.75, 3.05) is 0 Å². The number of aliphatic hydroxyl groups excluding tert-OH is 2. The van der Waals surface area contributed by atoms with Gasteiger partial charge in [0, 0.05) is 35.1 Å².